The predicted octanol–water partition coefficient (Wildman–Crippen LogP) is 2.79. The number of aromatic nitrogens is 3. The summed E-state index contributed by atoms with van der Waals surface area (Å²) in [5.74, 6) is -2.52. The zero-order valence-electron chi connectivity index (χ0n) is 14.1. The van der Waals surface area contributed by atoms with E-state index in [4.69, 9.17) is 0 Å². The number of hydrogen-bond donors (Lipinski definition) is 0. The Hall–Kier alpha value is -3.33. The third kappa shape index (κ3) is 2.92. The van der Waals surface area contributed by atoms with Crippen LogP contribution in [0.5, 0.6) is 0 Å². The molecule has 0 spiro atoms. The molecule has 6 heteroatoms. The Morgan fingerprint density at radius 1 is 1.20 bits per heavy atom. The number of imidazole rings is 1. The molecule has 0 aliphatic rings. The Kier molecular flexibility index (Phi) is 4.15. The highest BCUT2D eigenvalue weighted by Crippen LogP contribution is 2.21. The van der Waals surface area contributed by atoms with Crippen LogP contribution in [0, 0.1) is 31.1 Å². The minimum atomic E-state index is -1.44. The van der Waals surface area contributed by atoms with Crippen LogP contribution in [-0.2, 0) is 7.05 Å². The average Bonchev–Trinajstić information content (AvgIpc) is 3.00. The van der Waals surface area contributed by atoms with Crippen molar-refractivity contribution in [3.8, 4) is 6.07 Å². The zero-order valence-corrected chi connectivity index (χ0v) is 14.1. The fraction of sp³-hybridized carbons (Fsp3) is 0.211. The normalized spacial score (nSPS) is 11.9. The first-order chi connectivity index (χ1) is 11.9. The Labute approximate surface area is 144 Å². The molecule has 0 saturated carbocycles. The molecule has 124 valence electrons. The van der Waals surface area contributed by atoms with E-state index in [9.17, 15) is 14.9 Å². The molecule has 25 heavy (non-hydrogen) atoms. The number of ketones is 2. The summed E-state index contributed by atoms with van der Waals surface area (Å²) < 4.78 is 1.49. The van der Waals surface area contributed by atoms with Crippen LogP contribution in [0.4, 0.5) is 0 Å². The van der Waals surface area contributed by atoms with Crippen LogP contribution in [0.2, 0.25) is 0 Å². The number of carbonyl (C=O) groups excluding carboxylic acids is 2. The maximum atomic E-state index is 12.8. The summed E-state index contributed by atoms with van der Waals surface area (Å²) in [6, 6.07) is 9.23. The molecule has 0 radical (unpaired) electrons. The highest BCUT2D eigenvalue weighted by Gasteiger charge is 2.32. The molecule has 2 aromatic heterocycles. The molecule has 0 saturated heterocycles. The highest BCUT2D eigenvalue weighted by molar-refractivity contribution is 6.17. The molecule has 0 aliphatic heterocycles. The topological polar surface area (TPSA) is 88.6 Å². The second-order valence-corrected chi connectivity index (χ2v) is 5.97. The number of rotatable bonds is 4. The number of pyridine rings is 1. The minimum Gasteiger partial charge on any atom is -0.332 e. The van der Waals surface area contributed by atoms with Crippen LogP contribution in [-0.4, -0.2) is 26.1 Å². The van der Waals surface area contributed by atoms with Crippen molar-refractivity contribution in [2.75, 3.05) is 0 Å². The van der Waals surface area contributed by atoms with Crippen LogP contribution in [0.1, 0.15) is 32.2 Å². The molecule has 1 aromatic carbocycles. The van der Waals surface area contributed by atoms with Gasteiger partial charge < -0.3 is 4.57 Å². The van der Waals surface area contributed by atoms with Gasteiger partial charge in [0, 0.05) is 36.1 Å². The number of nitriles is 1. The van der Waals surface area contributed by atoms with Crippen molar-refractivity contribution in [3.63, 3.8) is 0 Å². The quantitative estimate of drug-likeness (QED) is 0.541. The van der Waals surface area contributed by atoms with E-state index in [1.807, 2.05) is 31.2 Å². The van der Waals surface area contributed by atoms with E-state index in [2.05, 4.69) is 9.97 Å². The Morgan fingerprint density at radius 2 is 1.96 bits per heavy atom. The van der Waals surface area contributed by atoms with Crippen LogP contribution in [0.25, 0.3) is 10.9 Å². The lowest BCUT2D eigenvalue weighted by atomic mass is 9.92. The smallest absolute Gasteiger partial charge is 0.223 e. The standard InChI is InChI=1S/C19H16N4O2/c1-11-4-5-13-9-14(12(2)22-16(13)8-11)17(24)15(10-20)18(25)19-21-6-7-23(19)3/h4-9,15H,1-3H3/t15-/m1/s1. The first kappa shape index (κ1) is 16.5. The van der Waals surface area contributed by atoms with Gasteiger partial charge in [-0.25, -0.2) is 4.98 Å². The van der Waals surface area contributed by atoms with E-state index in [1.54, 1.807) is 26.2 Å². The summed E-state index contributed by atoms with van der Waals surface area (Å²) in [6.07, 6.45) is 3.05. The summed E-state index contributed by atoms with van der Waals surface area (Å²) in [5.41, 5.74) is 2.62. The van der Waals surface area contributed by atoms with Crippen molar-refractivity contribution in [2.45, 2.75) is 13.8 Å². The summed E-state index contributed by atoms with van der Waals surface area (Å²) >= 11 is 0. The van der Waals surface area contributed by atoms with E-state index < -0.39 is 17.5 Å². The Balaban J connectivity index is 2.04. The number of Topliss-reactive ketones (excluding diaryl/α,β-unsaturated/α-hetero) is 2. The van der Waals surface area contributed by atoms with E-state index in [0.29, 0.717) is 5.69 Å². The summed E-state index contributed by atoms with van der Waals surface area (Å²) in [4.78, 5) is 33.8. The predicted molar refractivity (Wildman–Crippen MR) is 92.2 cm³/mol. The van der Waals surface area contributed by atoms with Crippen molar-refractivity contribution in [1.82, 2.24) is 14.5 Å². The van der Waals surface area contributed by atoms with Crippen LogP contribution < -0.4 is 0 Å². The van der Waals surface area contributed by atoms with Crippen molar-refractivity contribution >= 4 is 22.5 Å². The summed E-state index contributed by atoms with van der Waals surface area (Å²) in [7, 11) is 1.64. The van der Waals surface area contributed by atoms with E-state index in [1.165, 1.54) is 10.8 Å². The number of benzene rings is 1. The van der Waals surface area contributed by atoms with Crippen LogP contribution >= 0.6 is 0 Å². The average molecular weight is 332 g/mol. The van der Waals surface area contributed by atoms with E-state index >= 15 is 0 Å². The van der Waals surface area contributed by atoms with Gasteiger partial charge in [-0.05, 0) is 31.5 Å². The second-order valence-electron chi connectivity index (χ2n) is 5.97. The second kappa shape index (κ2) is 6.29. The fourth-order valence-electron chi connectivity index (χ4n) is 2.75. The van der Waals surface area contributed by atoms with Gasteiger partial charge in [0.2, 0.25) is 5.78 Å². The third-order valence-corrected chi connectivity index (χ3v) is 4.12. The Bertz CT molecular complexity index is 1040. The third-order valence-electron chi connectivity index (χ3n) is 4.12. The molecule has 3 rings (SSSR count). The SMILES string of the molecule is Cc1ccc2cc(C(=O)[C@@H](C#N)C(=O)c3nccn3C)c(C)nc2c1. The molecule has 0 bridgehead atoms. The lowest BCUT2D eigenvalue weighted by molar-refractivity contribution is 0.0837. The first-order valence-electron chi connectivity index (χ1n) is 7.75. The van der Waals surface area contributed by atoms with Gasteiger partial charge in [0.15, 0.2) is 17.5 Å². The van der Waals surface area contributed by atoms with Gasteiger partial charge in [-0.2, -0.15) is 5.26 Å². The summed E-state index contributed by atoms with van der Waals surface area (Å²) in [5, 5.41) is 10.2. The van der Waals surface area contributed by atoms with Gasteiger partial charge >= 0.3 is 0 Å². The fourth-order valence-corrected chi connectivity index (χ4v) is 2.75. The molecule has 0 unspecified atom stereocenters. The molecule has 0 amide bonds. The maximum Gasteiger partial charge on any atom is 0.223 e. The number of nitrogens with zero attached hydrogens (tertiary/aromatic N) is 4. The minimum absolute atomic E-state index is 0.0851. The molecule has 3 aromatic rings. The van der Waals surface area contributed by atoms with Crippen molar-refractivity contribution in [3.05, 3.63) is 59.3 Å². The van der Waals surface area contributed by atoms with Crippen molar-refractivity contribution in [2.24, 2.45) is 13.0 Å². The Morgan fingerprint density at radius 3 is 2.60 bits per heavy atom. The summed E-state index contributed by atoms with van der Waals surface area (Å²) in [6.45, 7) is 3.67. The van der Waals surface area contributed by atoms with Crippen LogP contribution in [0.3, 0.4) is 0 Å². The molecule has 2 heterocycles. The lowest BCUT2D eigenvalue weighted by Crippen LogP contribution is -2.26. The maximum absolute atomic E-state index is 12.8. The van der Waals surface area contributed by atoms with E-state index in [-0.39, 0.29) is 11.4 Å². The molecule has 6 nitrogen and oxygen atoms in total. The van der Waals surface area contributed by atoms with Crippen molar-refractivity contribution < 1.29 is 9.59 Å². The first-order valence-corrected chi connectivity index (χ1v) is 7.75. The molecular weight excluding hydrogens is 316 g/mol. The lowest BCUT2D eigenvalue weighted by Gasteiger charge is -2.11. The van der Waals surface area contributed by atoms with Crippen molar-refractivity contribution in [1.29, 1.82) is 5.26 Å². The van der Waals surface area contributed by atoms with Gasteiger partial charge in [-0.1, -0.05) is 12.1 Å². The van der Waals surface area contributed by atoms with Gasteiger partial charge in [0.1, 0.15) is 0 Å². The number of hydrogen-bond acceptors (Lipinski definition) is 5. The number of aryl methyl sites for hydroxylation is 3. The molecule has 0 aliphatic carbocycles. The molecule has 0 N–H and O–H groups in total. The van der Waals surface area contributed by atoms with E-state index in [0.717, 1.165) is 16.5 Å². The molecule has 0 fully saturated rings. The largest absolute Gasteiger partial charge is 0.332 e. The highest BCUT2D eigenvalue weighted by atomic mass is 16.2. The van der Waals surface area contributed by atoms with Crippen LogP contribution in [0.15, 0.2) is 36.7 Å². The van der Waals surface area contributed by atoms with Gasteiger partial charge in [-0.3, -0.25) is 14.6 Å². The van der Waals surface area contributed by atoms with Gasteiger partial charge in [0.05, 0.1) is 11.6 Å². The molecular formula is C19H16N4O2. The monoisotopic (exact) mass is 332 g/mol. The van der Waals surface area contributed by atoms with Gasteiger partial charge in [-0.15, -0.1) is 0 Å². The zero-order chi connectivity index (χ0) is 18.1. The number of carbonyl (C=O) groups is 2. The van der Waals surface area contributed by atoms with Gasteiger partial charge in [0.25, 0.3) is 0 Å². The number of fused-ring (bicyclic) bond motifs is 1. The molecule has 1 atom stereocenters.